The fourth-order valence-corrected chi connectivity index (χ4v) is 5.84. The van der Waals surface area contributed by atoms with Crippen LogP contribution in [0.1, 0.15) is 31.0 Å². The van der Waals surface area contributed by atoms with Crippen molar-refractivity contribution in [3.8, 4) is 5.75 Å². The maximum absolute atomic E-state index is 13.2. The number of aliphatic hydroxyl groups is 1. The van der Waals surface area contributed by atoms with Crippen LogP contribution in [-0.4, -0.2) is 39.7 Å². The first kappa shape index (κ1) is 24.5. The molecule has 166 valence electrons. The second-order valence-electron chi connectivity index (χ2n) is 6.47. The van der Waals surface area contributed by atoms with E-state index in [0.717, 1.165) is 5.56 Å². The largest absolute Gasteiger partial charge is 0.497 e. The molecule has 0 aliphatic heterocycles. The van der Waals surface area contributed by atoms with Crippen LogP contribution in [-0.2, 0) is 23.6 Å². The van der Waals surface area contributed by atoms with Crippen LogP contribution in [0.15, 0.2) is 53.4 Å². The van der Waals surface area contributed by atoms with Crippen LogP contribution in [0, 0.1) is 6.92 Å². The highest BCUT2D eigenvalue weighted by Crippen LogP contribution is 2.55. The molecule has 0 aliphatic rings. The minimum atomic E-state index is -4.05. The Bertz CT molecular complexity index is 952. The zero-order valence-corrected chi connectivity index (χ0v) is 19.2. The zero-order valence-electron chi connectivity index (χ0n) is 17.4. The van der Waals surface area contributed by atoms with Gasteiger partial charge in [-0.05, 0) is 50.6 Å². The van der Waals surface area contributed by atoms with E-state index in [-0.39, 0.29) is 18.1 Å². The van der Waals surface area contributed by atoms with Crippen LogP contribution in [0.5, 0.6) is 5.75 Å². The molecule has 2 rings (SSSR count). The van der Waals surface area contributed by atoms with Gasteiger partial charge >= 0.3 is 7.60 Å². The fraction of sp³-hybridized carbons (Fsp3) is 0.400. The van der Waals surface area contributed by atoms with Crippen LogP contribution < -0.4 is 9.46 Å². The Labute approximate surface area is 177 Å². The summed E-state index contributed by atoms with van der Waals surface area (Å²) >= 11 is 0. The van der Waals surface area contributed by atoms with E-state index in [9.17, 15) is 18.1 Å². The number of methoxy groups -OCH3 is 1. The fourth-order valence-electron chi connectivity index (χ4n) is 2.80. The lowest BCUT2D eigenvalue weighted by atomic mass is 10.1. The SMILES string of the molecule is CCOP(=O)(OCC)[C@H](O)[C@@H](NS(=O)(=O)c1ccc(C)cc1)c1ccc(OC)cc1. The molecule has 0 amide bonds. The molecular formula is C20H28NO7PS. The summed E-state index contributed by atoms with van der Waals surface area (Å²) in [5.74, 6) is -1.22. The normalized spacial score (nSPS) is 14.3. The first-order valence-corrected chi connectivity index (χ1v) is 12.6. The summed E-state index contributed by atoms with van der Waals surface area (Å²) in [7, 11) is -6.59. The molecule has 2 atom stereocenters. The smallest absolute Gasteiger partial charge is 0.360 e. The third-order valence-corrected chi connectivity index (χ3v) is 7.97. The predicted octanol–water partition coefficient (Wildman–Crippen LogP) is 3.61. The Morgan fingerprint density at radius 2 is 1.53 bits per heavy atom. The van der Waals surface area contributed by atoms with E-state index in [2.05, 4.69) is 4.72 Å². The van der Waals surface area contributed by atoms with Crippen LogP contribution in [0.4, 0.5) is 0 Å². The number of aryl methyl sites for hydroxylation is 1. The molecule has 2 aromatic rings. The summed E-state index contributed by atoms with van der Waals surface area (Å²) in [5, 5.41) is 11.0. The van der Waals surface area contributed by atoms with Crippen molar-refractivity contribution in [2.75, 3.05) is 20.3 Å². The van der Waals surface area contributed by atoms with Gasteiger partial charge in [-0.15, -0.1) is 0 Å². The van der Waals surface area contributed by atoms with E-state index in [1.165, 1.54) is 19.2 Å². The Hall–Kier alpha value is -1.74. The van der Waals surface area contributed by atoms with Gasteiger partial charge in [0.15, 0.2) is 5.85 Å². The summed E-state index contributed by atoms with van der Waals surface area (Å²) in [4.78, 5) is 0.0152. The van der Waals surface area contributed by atoms with Crippen molar-refractivity contribution in [1.29, 1.82) is 0 Å². The molecule has 2 N–H and O–H groups in total. The zero-order chi connectivity index (χ0) is 22.4. The lowest BCUT2D eigenvalue weighted by molar-refractivity contribution is 0.130. The van der Waals surface area contributed by atoms with Crippen LogP contribution in [0.2, 0.25) is 0 Å². The van der Waals surface area contributed by atoms with Crippen molar-refractivity contribution in [3.63, 3.8) is 0 Å². The first-order valence-electron chi connectivity index (χ1n) is 9.46. The van der Waals surface area contributed by atoms with Gasteiger partial charge in [-0.3, -0.25) is 4.57 Å². The monoisotopic (exact) mass is 457 g/mol. The summed E-state index contributed by atoms with van der Waals surface area (Å²) in [6.07, 6.45) is 0. The number of hydrogen-bond acceptors (Lipinski definition) is 7. The molecule has 8 nitrogen and oxygen atoms in total. The van der Waals surface area contributed by atoms with Gasteiger partial charge in [0.1, 0.15) is 5.75 Å². The topological polar surface area (TPSA) is 111 Å². The number of aliphatic hydroxyl groups excluding tert-OH is 1. The van der Waals surface area contributed by atoms with Crippen molar-refractivity contribution in [2.24, 2.45) is 0 Å². The van der Waals surface area contributed by atoms with E-state index in [1.54, 1.807) is 50.2 Å². The van der Waals surface area contributed by atoms with E-state index in [4.69, 9.17) is 13.8 Å². The standard InChI is InChI=1S/C20H28NO7PS/c1-5-27-29(23,28-6-2)20(22)19(16-9-11-17(26-4)12-10-16)21-30(24,25)18-13-7-15(3)8-14-18/h7-14,19-22H,5-6H2,1-4H3/t19-,20-/m0/s1. The van der Waals surface area contributed by atoms with Crippen molar-refractivity contribution >= 4 is 17.6 Å². The van der Waals surface area contributed by atoms with Gasteiger partial charge in [0, 0.05) is 0 Å². The highest BCUT2D eigenvalue weighted by molar-refractivity contribution is 7.89. The molecule has 0 spiro atoms. The Morgan fingerprint density at radius 3 is 2.00 bits per heavy atom. The molecule has 0 fully saturated rings. The number of nitrogens with one attached hydrogen (secondary N) is 1. The van der Waals surface area contributed by atoms with Gasteiger partial charge < -0.3 is 18.9 Å². The van der Waals surface area contributed by atoms with E-state index < -0.39 is 29.5 Å². The maximum atomic E-state index is 13.2. The summed E-state index contributed by atoms with van der Waals surface area (Å²) in [6.45, 7) is 5.10. The van der Waals surface area contributed by atoms with Gasteiger partial charge in [-0.1, -0.05) is 29.8 Å². The average molecular weight is 457 g/mol. The lowest BCUT2D eigenvalue weighted by Gasteiger charge is -2.29. The third kappa shape index (κ3) is 5.91. The minimum absolute atomic E-state index is 0.0152. The van der Waals surface area contributed by atoms with E-state index in [1.807, 2.05) is 6.92 Å². The van der Waals surface area contributed by atoms with Crippen molar-refractivity contribution in [2.45, 2.75) is 37.6 Å². The quantitative estimate of drug-likeness (QED) is 0.496. The van der Waals surface area contributed by atoms with Gasteiger partial charge in [0.25, 0.3) is 0 Å². The molecule has 0 heterocycles. The summed E-state index contributed by atoms with van der Waals surface area (Å²) < 4.78 is 57.2. The van der Waals surface area contributed by atoms with E-state index in [0.29, 0.717) is 11.3 Å². The molecular weight excluding hydrogens is 429 g/mol. The minimum Gasteiger partial charge on any atom is -0.497 e. The highest BCUT2D eigenvalue weighted by Gasteiger charge is 2.42. The highest BCUT2D eigenvalue weighted by atomic mass is 32.2. The van der Waals surface area contributed by atoms with Gasteiger partial charge in [-0.25, -0.2) is 13.1 Å². The predicted molar refractivity (Wildman–Crippen MR) is 114 cm³/mol. The Morgan fingerprint density at radius 1 is 1.00 bits per heavy atom. The number of ether oxygens (including phenoxy) is 1. The lowest BCUT2D eigenvalue weighted by Crippen LogP contribution is -2.37. The number of benzene rings is 2. The molecule has 0 saturated heterocycles. The Kier molecular flexibility index (Phi) is 8.61. The Balaban J connectivity index is 2.49. The third-order valence-electron chi connectivity index (χ3n) is 4.33. The number of hydrogen-bond donors (Lipinski definition) is 2. The maximum Gasteiger partial charge on any atom is 0.360 e. The van der Waals surface area contributed by atoms with Crippen LogP contribution in [0.25, 0.3) is 0 Å². The van der Waals surface area contributed by atoms with E-state index >= 15 is 0 Å². The molecule has 0 radical (unpaired) electrons. The molecule has 0 unspecified atom stereocenters. The second-order valence-corrected chi connectivity index (χ2v) is 10.3. The molecule has 0 aromatic heterocycles. The molecule has 0 bridgehead atoms. The molecule has 2 aromatic carbocycles. The molecule has 0 saturated carbocycles. The van der Waals surface area contributed by atoms with Gasteiger partial charge in [-0.2, -0.15) is 0 Å². The van der Waals surface area contributed by atoms with Gasteiger partial charge in [0.05, 0.1) is 31.3 Å². The second kappa shape index (κ2) is 10.5. The van der Waals surface area contributed by atoms with Crippen molar-refractivity contribution < 1.29 is 31.9 Å². The van der Waals surface area contributed by atoms with Gasteiger partial charge in [0.2, 0.25) is 10.0 Å². The summed E-state index contributed by atoms with van der Waals surface area (Å²) in [6, 6.07) is 11.3. The average Bonchev–Trinajstić information content (AvgIpc) is 2.72. The summed E-state index contributed by atoms with van der Waals surface area (Å²) in [5.41, 5.74) is 1.27. The number of rotatable bonds is 11. The van der Waals surface area contributed by atoms with Crippen molar-refractivity contribution in [3.05, 3.63) is 59.7 Å². The van der Waals surface area contributed by atoms with Crippen LogP contribution in [0.3, 0.4) is 0 Å². The molecule has 30 heavy (non-hydrogen) atoms. The van der Waals surface area contributed by atoms with Crippen molar-refractivity contribution in [1.82, 2.24) is 4.72 Å². The van der Waals surface area contributed by atoms with Crippen LogP contribution >= 0.6 is 7.60 Å². The first-order chi connectivity index (χ1) is 14.2. The number of sulfonamides is 1. The molecule has 0 aliphatic carbocycles. The molecule has 10 heteroatoms.